The van der Waals surface area contributed by atoms with Gasteiger partial charge in [-0.2, -0.15) is 5.10 Å². The molecule has 0 saturated heterocycles. The van der Waals surface area contributed by atoms with Crippen LogP contribution in [0.2, 0.25) is 0 Å². The van der Waals surface area contributed by atoms with Crippen LogP contribution in [0.3, 0.4) is 0 Å². The van der Waals surface area contributed by atoms with Crippen LogP contribution in [0.4, 0.5) is 11.5 Å². The molecule has 0 fully saturated rings. The van der Waals surface area contributed by atoms with Gasteiger partial charge in [-0.1, -0.05) is 13.8 Å². The first-order valence-electron chi connectivity index (χ1n) is 6.63. The zero-order valence-corrected chi connectivity index (χ0v) is 12.7. The maximum absolute atomic E-state index is 12.0. The van der Waals surface area contributed by atoms with Gasteiger partial charge in [0.15, 0.2) is 0 Å². The van der Waals surface area contributed by atoms with Crippen LogP contribution in [-0.4, -0.2) is 40.2 Å². The number of hydrogen-bond donors (Lipinski definition) is 2. The first-order valence-corrected chi connectivity index (χ1v) is 6.63. The lowest BCUT2D eigenvalue weighted by atomic mass is 10.1. The maximum atomic E-state index is 12.0. The summed E-state index contributed by atoms with van der Waals surface area (Å²) >= 11 is 0. The molecule has 19 heavy (non-hydrogen) atoms. The van der Waals surface area contributed by atoms with E-state index in [1.54, 1.807) is 16.6 Å². The molecular weight excluding hydrogens is 242 g/mol. The van der Waals surface area contributed by atoms with Crippen LogP contribution in [0.5, 0.6) is 0 Å². The Kier molecular flexibility index (Phi) is 4.80. The second-order valence-corrected chi connectivity index (χ2v) is 5.14. The van der Waals surface area contributed by atoms with Crippen molar-refractivity contribution in [2.45, 2.75) is 39.7 Å². The Hall–Kier alpha value is -1.72. The highest BCUT2D eigenvalue weighted by Gasteiger charge is 2.21. The smallest absolute Gasteiger partial charge is 0.244 e. The largest absolute Gasteiger partial charge is 0.394 e. The summed E-state index contributed by atoms with van der Waals surface area (Å²) < 4.78 is 1.69. The second kappa shape index (κ2) is 5.95. The predicted molar refractivity (Wildman–Crippen MR) is 78.1 cm³/mol. The number of rotatable bonds is 5. The molecular formula is C13H25N5O. The van der Waals surface area contributed by atoms with Crippen molar-refractivity contribution >= 4 is 17.4 Å². The number of nitrogen functional groups attached to an aromatic ring is 1. The Morgan fingerprint density at radius 2 is 2.05 bits per heavy atom. The van der Waals surface area contributed by atoms with Crippen molar-refractivity contribution in [3.63, 3.8) is 0 Å². The van der Waals surface area contributed by atoms with Gasteiger partial charge in [0.25, 0.3) is 0 Å². The van der Waals surface area contributed by atoms with Crippen molar-refractivity contribution in [3.05, 3.63) is 5.69 Å². The fraction of sp³-hybridized carbons (Fsp3) is 0.692. The van der Waals surface area contributed by atoms with Crippen LogP contribution in [-0.2, 0) is 11.8 Å². The monoisotopic (exact) mass is 267 g/mol. The molecule has 6 heteroatoms. The Bertz CT molecular complexity index is 452. The van der Waals surface area contributed by atoms with Crippen LogP contribution < -0.4 is 11.1 Å². The minimum atomic E-state index is -0.331. The van der Waals surface area contributed by atoms with Crippen LogP contribution in [0.1, 0.15) is 39.3 Å². The van der Waals surface area contributed by atoms with E-state index in [0.29, 0.717) is 18.1 Å². The lowest BCUT2D eigenvalue weighted by Crippen LogP contribution is -2.39. The van der Waals surface area contributed by atoms with Gasteiger partial charge in [0, 0.05) is 20.6 Å². The number of aryl methyl sites for hydroxylation is 1. The van der Waals surface area contributed by atoms with Gasteiger partial charge in [0.1, 0.15) is 11.9 Å². The Morgan fingerprint density at radius 1 is 1.47 bits per heavy atom. The van der Waals surface area contributed by atoms with E-state index in [1.165, 1.54) is 0 Å². The highest BCUT2D eigenvalue weighted by Crippen LogP contribution is 2.28. The molecule has 1 unspecified atom stereocenters. The minimum Gasteiger partial charge on any atom is -0.394 e. The topological polar surface area (TPSA) is 76.2 Å². The lowest BCUT2D eigenvalue weighted by molar-refractivity contribution is -0.130. The Labute approximate surface area is 114 Å². The first kappa shape index (κ1) is 15.3. The third kappa shape index (κ3) is 3.19. The van der Waals surface area contributed by atoms with E-state index in [4.69, 9.17) is 5.73 Å². The molecule has 6 nitrogen and oxygen atoms in total. The van der Waals surface area contributed by atoms with Crippen molar-refractivity contribution in [2.24, 2.45) is 7.05 Å². The SMILES string of the molecule is CCN(C)C(=O)C(C)Nc1c(N)c(C(C)C)nn1C. The summed E-state index contributed by atoms with van der Waals surface area (Å²) in [4.78, 5) is 13.7. The summed E-state index contributed by atoms with van der Waals surface area (Å²) in [7, 11) is 3.61. The van der Waals surface area contributed by atoms with E-state index in [9.17, 15) is 4.79 Å². The van der Waals surface area contributed by atoms with E-state index < -0.39 is 0 Å². The maximum Gasteiger partial charge on any atom is 0.244 e. The minimum absolute atomic E-state index is 0.0363. The third-order valence-corrected chi connectivity index (χ3v) is 3.23. The molecule has 1 atom stereocenters. The molecule has 0 radical (unpaired) electrons. The van der Waals surface area contributed by atoms with Gasteiger partial charge in [-0.25, -0.2) is 0 Å². The first-order chi connectivity index (χ1) is 8.79. The molecule has 0 aromatic carbocycles. The molecule has 0 bridgehead atoms. The summed E-state index contributed by atoms with van der Waals surface area (Å²) in [6.07, 6.45) is 0. The molecule has 1 aromatic heterocycles. The highest BCUT2D eigenvalue weighted by atomic mass is 16.2. The number of anilines is 2. The summed E-state index contributed by atoms with van der Waals surface area (Å²) in [5.41, 5.74) is 7.57. The molecule has 108 valence electrons. The number of nitrogens with two attached hydrogens (primary N) is 1. The van der Waals surface area contributed by atoms with Crippen LogP contribution in [0.25, 0.3) is 0 Å². The molecule has 0 aliphatic carbocycles. The highest BCUT2D eigenvalue weighted by molar-refractivity contribution is 5.85. The van der Waals surface area contributed by atoms with Gasteiger partial charge in [0.05, 0.1) is 11.4 Å². The summed E-state index contributed by atoms with van der Waals surface area (Å²) in [5, 5.41) is 7.54. The van der Waals surface area contributed by atoms with Crippen molar-refractivity contribution in [3.8, 4) is 0 Å². The molecule has 0 spiro atoms. The molecule has 1 rings (SSSR count). The Morgan fingerprint density at radius 3 is 2.47 bits per heavy atom. The van der Waals surface area contributed by atoms with Gasteiger partial charge in [-0.3, -0.25) is 9.48 Å². The predicted octanol–water partition coefficient (Wildman–Crippen LogP) is 1.40. The van der Waals surface area contributed by atoms with E-state index >= 15 is 0 Å². The summed E-state index contributed by atoms with van der Waals surface area (Å²) in [6.45, 7) is 8.54. The zero-order valence-electron chi connectivity index (χ0n) is 12.7. The zero-order chi connectivity index (χ0) is 14.7. The van der Waals surface area contributed by atoms with Crippen LogP contribution in [0, 0.1) is 0 Å². The van der Waals surface area contributed by atoms with E-state index in [2.05, 4.69) is 10.4 Å². The quantitative estimate of drug-likeness (QED) is 0.845. The fourth-order valence-electron chi connectivity index (χ4n) is 1.91. The van der Waals surface area contributed by atoms with Gasteiger partial charge in [-0.05, 0) is 19.8 Å². The van der Waals surface area contributed by atoms with Gasteiger partial charge in [-0.15, -0.1) is 0 Å². The lowest BCUT2D eigenvalue weighted by Gasteiger charge is -2.21. The normalized spacial score (nSPS) is 12.6. The summed E-state index contributed by atoms with van der Waals surface area (Å²) in [5.74, 6) is 0.995. The Balaban J connectivity index is 2.91. The number of aromatic nitrogens is 2. The molecule has 0 saturated carbocycles. The number of amides is 1. The molecule has 0 aliphatic rings. The number of carbonyl (C=O) groups is 1. The van der Waals surface area contributed by atoms with Crippen molar-refractivity contribution in [1.82, 2.24) is 14.7 Å². The van der Waals surface area contributed by atoms with Gasteiger partial charge in [0.2, 0.25) is 5.91 Å². The van der Waals surface area contributed by atoms with E-state index in [-0.39, 0.29) is 17.9 Å². The molecule has 1 aromatic rings. The number of nitrogens with zero attached hydrogens (tertiary/aromatic N) is 3. The molecule has 0 aliphatic heterocycles. The molecule has 1 heterocycles. The fourth-order valence-corrected chi connectivity index (χ4v) is 1.91. The number of likely N-dealkylation sites (N-methyl/N-ethyl adjacent to an activating group) is 1. The number of nitrogens with one attached hydrogen (secondary N) is 1. The van der Waals surface area contributed by atoms with Crippen molar-refractivity contribution in [1.29, 1.82) is 0 Å². The van der Waals surface area contributed by atoms with E-state index in [0.717, 1.165) is 5.69 Å². The standard InChI is InChI=1S/C13H25N5O/c1-7-17(5)13(19)9(4)15-12-10(14)11(8(2)3)16-18(12)6/h8-9,15H,7,14H2,1-6H3. The van der Waals surface area contributed by atoms with Gasteiger partial charge >= 0.3 is 0 Å². The summed E-state index contributed by atoms with van der Waals surface area (Å²) in [6, 6.07) is -0.331. The average molecular weight is 267 g/mol. The van der Waals surface area contributed by atoms with Crippen molar-refractivity contribution < 1.29 is 4.79 Å². The average Bonchev–Trinajstić information content (AvgIpc) is 2.64. The van der Waals surface area contributed by atoms with Crippen LogP contribution in [0.15, 0.2) is 0 Å². The van der Waals surface area contributed by atoms with E-state index in [1.807, 2.05) is 34.7 Å². The molecule has 3 N–H and O–H groups in total. The molecule has 1 amide bonds. The van der Waals surface area contributed by atoms with Gasteiger partial charge < -0.3 is 16.0 Å². The number of carbonyl (C=O) groups excluding carboxylic acids is 1. The van der Waals surface area contributed by atoms with Crippen LogP contribution >= 0.6 is 0 Å². The second-order valence-electron chi connectivity index (χ2n) is 5.14. The third-order valence-electron chi connectivity index (χ3n) is 3.23. The van der Waals surface area contributed by atoms with Crippen molar-refractivity contribution in [2.75, 3.05) is 24.6 Å². The number of hydrogen-bond acceptors (Lipinski definition) is 4.